The molecular formula is C20H25N3O3S. The minimum absolute atomic E-state index is 0.0320. The molecule has 0 aliphatic carbocycles. The third-order valence-corrected chi connectivity index (χ3v) is 6.74. The molecule has 7 heteroatoms. The first-order valence-electron chi connectivity index (χ1n) is 9.08. The smallest absolute Gasteiger partial charge is 0.272 e. The van der Waals surface area contributed by atoms with Gasteiger partial charge in [-0.25, -0.2) is 13.4 Å². The number of hydrogen-bond donors (Lipinski definition) is 0. The molecule has 1 aliphatic rings. The number of aromatic nitrogens is 1. The van der Waals surface area contributed by atoms with Gasteiger partial charge in [-0.1, -0.05) is 12.1 Å². The minimum atomic E-state index is -3.03. The lowest BCUT2D eigenvalue weighted by Gasteiger charge is -2.25. The number of carbonyl (C=O) groups excluding carboxylic acids is 1. The highest BCUT2D eigenvalue weighted by Crippen LogP contribution is 2.26. The van der Waals surface area contributed by atoms with Crippen molar-refractivity contribution in [1.82, 2.24) is 9.88 Å². The lowest BCUT2D eigenvalue weighted by atomic mass is 10.2. The average Bonchev–Trinajstić information content (AvgIpc) is 3.02. The number of sulfone groups is 1. The Morgan fingerprint density at radius 1 is 1.22 bits per heavy atom. The van der Waals surface area contributed by atoms with Crippen LogP contribution >= 0.6 is 0 Å². The molecule has 0 radical (unpaired) electrons. The first-order valence-corrected chi connectivity index (χ1v) is 10.9. The summed E-state index contributed by atoms with van der Waals surface area (Å²) in [5.41, 5.74) is 3.49. The van der Waals surface area contributed by atoms with Gasteiger partial charge in [0.2, 0.25) is 0 Å². The molecule has 1 amide bonds. The van der Waals surface area contributed by atoms with Crippen molar-refractivity contribution in [3.8, 4) is 0 Å². The molecule has 1 aromatic heterocycles. The van der Waals surface area contributed by atoms with Crippen molar-refractivity contribution in [3.05, 3.63) is 53.9 Å². The molecular weight excluding hydrogens is 362 g/mol. The number of pyridine rings is 1. The SMILES string of the molecule is CCN(c1ccc(C(=O)N(C)C2CCS(=O)(=O)C2)nc1)c1cccc(C)c1. The Kier molecular flexibility index (Phi) is 5.51. The Balaban J connectivity index is 1.77. The molecule has 0 N–H and O–H groups in total. The van der Waals surface area contributed by atoms with Crippen molar-refractivity contribution < 1.29 is 13.2 Å². The minimum Gasteiger partial charge on any atom is -0.341 e. The zero-order chi connectivity index (χ0) is 19.6. The summed E-state index contributed by atoms with van der Waals surface area (Å²) in [6.45, 7) is 4.89. The molecule has 144 valence electrons. The summed E-state index contributed by atoms with van der Waals surface area (Å²) in [7, 11) is -1.39. The van der Waals surface area contributed by atoms with E-state index in [2.05, 4.69) is 35.9 Å². The van der Waals surface area contributed by atoms with Crippen LogP contribution in [-0.4, -0.2) is 55.3 Å². The molecule has 0 spiro atoms. The van der Waals surface area contributed by atoms with Gasteiger partial charge in [0, 0.05) is 25.3 Å². The van der Waals surface area contributed by atoms with E-state index < -0.39 is 9.84 Å². The molecule has 0 saturated carbocycles. The maximum Gasteiger partial charge on any atom is 0.272 e. The zero-order valence-electron chi connectivity index (χ0n) is 15.9. The van der Waals surface area contributed by atoms with E-state index in [-0.39, 0.29) is 23.5 Å². The van der Waals surface area contributed by atoms with E-state index in [9.17, 15) is 13.2 Å². The summed E-state index contributed by atoms with van der Waals surface area (Å²) in [5.74, 6) is -0.0734. The van der Waals surface area contributed by atoms with Gasteiger partial charge in [0.05, 0.1) is 23.4 Å². The molecule has 6 nitrogen and oxygen atoms in total. The molecule has 1 saturated heterocycles. The Morgan fingerprint density at radius 3 is 2.56 bits per heavy atom. The van der Waals surface area contributed by atoms with Crippen LogP contribution < -0.4 is 4.90 Å². The highest BCUT2D eigenvalue weighted by Gasteiger charge is 2.33. The van der Waals surface area contributed by atoms with Crippen LogP contribution in [0.1, 0.15) is 29.4 Å². The number of hydrogen-bond acceptors (Lipinski definition) is 5. The summed E-state index contributed by atoms with van der Waals surface area (Å²) in [4.78, 5) is 20.6. The van der Waals surface area contributed by atoms with Crippen LogP contribution in [0.3, 0.4) is 0 Å². The number of nitrogens with zero attached hydrogens (tertiary/aromatic N) is 3. The molecule has 1 aromatic carbocycles. The second kappa shape index (κ2) is 7.68. The molecule has 3 rings (SSSR count). The number of carbonyl (C=O) groups is 1. The predicted molar refractivity (Wildman–Crippen MR) is 107 cm³/mol. The predicted octanol–water partition coefficient (Wildman–Crippen LogP) is 2.81. The summed E-state index contributed by atoms with van der Waals surface area (Å²) in [6.07, 6.45) is 2.18. The van der Waals surface area contributed by atoms with Gasteiger partial charge in [0.15, 0.2) is 9.84 Å². The number of amides is 1. The van der Waals surface area contributed by atoms with Crippen LogP contribution in [0.2, 0.25) is 0 Å². The van der Waals surface area contributed by atoms with E-state index in [0.717, 1.165) is 17.9 Å². The second-order valence-corrected chi connectivity index (χ2v) is 9.19. The van der Waals surface area contributed by atoms with Gasteiger partial charge in [0.1, 0.15) is 5.69 Å². The van der Waals surface area contributed by atoms with E-state index >= 15 is 0 Å². The molecule has 2 heterocycles. The Bertz CT molecular complexity index is 926. The van der Waals surface area contributed by atoms with E-state index in [0.29, 0.717) is 12.1 Å². The normalized spacial score (nSPS) is 18.3. The van der Waals surface area contributed by atoms with Gasteiger partial charge in [-0.2, -0.15) is 0 Å². The fourth-order valence-electron chi connectivity index (χ4n) is 3.41. The largest absolute Gasteiger partial charge is 0.341 e. The second-order valence-electron chi connectivity index (χ2n) is 6.96. The van der Waals surface area contributed by atoms with Gasteiger partial charge < -0.3 is 9.80 Å². The lowest BCUT2D eigenvalue weighted by molar-refractivity contribution is 0.0742. The quantitative estimate of drug-likeness (QED) is 0.789. The summed E-state index contributed by atoms with van der Waals surface area (Å²) >= 11 is 0. The van der Waals surface area contributed by atoms with Gasteiger partial charge in [-0.15, -0.1) is 0 Å². The first kappa shape index (κ1) is 19.4. The fraction of sp³-hybridized carbons (Fsp3) is 0.400. The van der Waals surface area contributed by atoms with Crippen LogP contribution in [0.15, 0.2) is 42.6 Å². The van der Waals surface area contributed by atoms with Crippen molar-refractivity contribution in [1.29, 1.82) is 0 Å². The maximum absolute atomic E-state index is 12.7. The summed E-state index contributed by atoms with van der Waals surface area (Å²) in [5, 5.41) is 0. The summed E-state index contributed by atoms with van der Waals surface area (Å²) in [6, 6.07) is 11.5. The van der Waals surface area contributed by atoms with E-state index in [1.54, 1.807) is 19.3 Å². The average molecular weight is 388 g/mol. The molecule has 27 heavy (non-hydrogen) atoms. The molecule has 1 aliphatic heterocycles. The Hall–Kier alpha value is -2.41. The van der Waals surface area contributed by atoms with Gasteiger partial charge in [-0.3, -0.25) is 4.79 Å². The van der Waals surface area contributed by atoms with E-state index in [1.165, 1.54) is 10.5 Å². The number of rotatable bonds is 5. The molecule has 1 atom stereocenters. The van der Waals surface area contributed by atoms with Gasteiger partial charge in [-0.05, 0) is 50.1 Å². The van der Waals surface area contributed by atoms with Gasteiger partial charge >= 0.3 is 0 Å². The van der Waals surface area contributed by atoms with Crippen molar-refractivity contribution >= 4 is 27.1 Å². The van der Waals surface area contributed by atoms with Crippen LogP contribution in [0, 0.1) is 6.92 Å². The van der Waals surface area contributed by atoms with Crippen LogP contribution in [0.5, 0.6) is 0 Å². The Labute approximate surface area is 160 Å². The summed E-state index contributed by atoms with van der Waals surface area (Å²) < 4.78 is 23.3. The van der Waals surface area contributed by atoms with Crippen LogP contribution in [-0.2, 0) is 9.84 Å². The third kappa shape index (κ3) is 4.30. The van der Waals surface area contributed by atoms with Crippen molar-refractivity contribution in [2.75, 3.05) is 30.0 Å². The third-order valence-electron chi connectivity index (χ3n) is 4.98. The van der Waals surface area contributed by atoms with Crippen molar-refractivity contribution in [3.63, 3.8) is 0 Å². The van der Waals surface area contributed by atoms with Crippen LogP contribution in [0.4, 0.5) is 11.4 Å². The highest BCUT2D eigenvalue weighted by molar-refractivity contribution is 7.91. The molecule has 1 unspecified atom stereocenters. The first-order chi connectivity index (χ1) is 12.8. The number of aryl methyl sites for hydroxylation is 1. The zero-order valence-corrected chi connectivity index (χ0v) is 16.7. The monoisotopic (exact) mass is 387 g/mol. The topological polar surface area (TPSA) is 70.6 Å². The standard InChI is InChI=1S/C20H25N3O3S/c1-4-23(16-7-5-6-15(2)12-16)17-8-9-19(21-13-17)20(24)22(3)18-10-11-27(25,26)14-18/h5-9,12-13,18H,4,10-11,14H2,1-3H3. The Morgan fingerprint density at radius 2 is 2.00 bits per heavy atom. The number of benzene rings is 1. The number of anilines is 2. The van der Waals surface area contributed by atoms with Crippen molar-refractivity contribution in [2.45, 2.75) is 26.3 Å². The molecule has 2 aromatic rings. The highest BCUT2D eigenvalue weighted by atomic mass is 32.2. The lowest BCUT2D eigenvalue weighted by Crippen LogP contribution is -2.38. The van der Waals surface area contributed by atoms with E-state index in [4.69, 9.17) is 0 Å². The van der Waals surface area contributed by atoms with Crippen molar-refractivity contribution in [2.24, 2.45) is 0 Å². The molecule has 0 bridgehead atoms. The molecule has 1 fully saturated rings. The van der Waals surface area contributed by atoms with Gasteiger partial charge in [0.25, 0.3) is 5.91 Å². The maximum atomic E-state index is 12.7. The van der Waals surface area contributed by atoms with E-state index in [1.807, 2.05) is 18.2 Å². The van der Waals surface area contributed by atoms with Crippen LogP contribution in [0.25, 0.3) is 0 Å². The fourth-order valence-corrected chi connectivity index (χ4v) is 5.18.